The molecule has 0 bridgehead atoms. The van der Waals surface area contributed by atoms with Crippen LogP contribution in [0.4, 0.5) is 0 Å². The van der Waals surface area contributed by atoms with Crippen molar-refractivity contribution >= 4 is 70.3 Å². The second kappa shape index (κ2) is 25.1. The van der Waals surface area contributed by atoms with Crippen molar-refractivity contribution in [3.63, 3.8) is 0 Å². The molecule has 10 atom stereocenters. The topological polar surface area (TPSA) is 182 Å². The summed E-state index contributed by atoms with van der Waals surface area (Å²) in [5.74, 6) is 11.8. The Morgan fingerprint density at radius 1 is 0.686 bits per heavy atom. The molecule has 0 aromatic heterocycles. The van der Waals surface area contributed by atoms with Crippen LogP contribution in [0, 0.1) is 34.5 Å². The molecule has 0 saturated carbocycles. The first-order chi connectivity index (χ1) is 33.5. The normalized spacial score (nSPS) is 25.1. The monoisotopic (exact) mass is 1010 g/mol. The third-order valence-electron chi connectivity index (χ3n) is 13.6. The van der Waals surface area contributed by atoms with Gasteiger partial charge in [-0.1, -0.05) is 112 Å². The van der Waals surface area contributed by atoms with Crippen molar-refractivity contribution in [2.24, 2.45) is 10.8 Å². The molecule has 4 aliphatic heterocycles. The molecule has 15 nitrogen and oxygen atoms in total. The minimum Gasteiger partial charge on any atom is -0.367 e. The van der Waals surface area contributed by atoms with E-state index >= 15 is 0 Å². The Labute approximate surface area is 428 Å². The number of amides is 5. The van der Waals surface area contributed by atoms with E-state index < -0.39 is 53.1 Å². The lowest BCUT2D eigenvalue weighted by molar-refractivity contribution is -0.144. The summed E-state index contributed by atoms with van der Waals surface area (Å²) in [4.78, 5) is 73.8. The number of thiocarbonyl (C=S) groups is 1. The highest BCUT2D eigenvalue weighted by molar-refractivity contribution is 8.00. The third-order valence-corrected chi connectivity index (χ3v) is 16.5. The first-order valence-corrected chi connectivity index (χ1v) is 26.6. The van der Waals surface area contributed by atoms with Gasteiger partial charge in [0.05, 0.1) is 53.1 Å². The highest BCUT2D eigenvalue weighted by Gasteiger charge is 2.56. The largest absolute Gasteiger partial charge is 0.367 e. The Balaban J connectivity index is 1.04. The second-order valence-electron chi connectivity index (χ2n) is 19.6. The van der Waals surface area contributed by atoms with Gasteiger partial charge in [0.15, 0.2) is 0 Å². The maximum Gasteiger partial charge on any atom is 0.246 e. The van der Waals surface area contributed by atoms with Crippen LogP contribution in [-0.4, -0.2) is 143 Å². The number of hydrogen-bond donors (Lipinski definition) is 6. The summed E-state index contributed by atoms with van der Waals surface area (Å²) in [6, 6.07) is 14.8. The van der Waals surface area contributed by atoms with Crippen LogP contribution in [0.3, 0.4) is 0 Å². The maximum absolute atomic E-state index is 14.4. The molecule has 70 heavy (non-hydrogen) atoms. The highest BCUT2D eigenvalue weighted by Crippen LogP contribution is 2.48. The fourth-order valence-electron chi connectivity index (χ4n) is 9.49. The van der Waals surface area contributed by atoms with Crippen LogP contribution in [-0.2, 0) is 33.4 Å². The van der Waals surface area contributed by atoms with E-state index in [4.69, 9.17) is 21.7 Å². The Morgan fingerprint density at radius 2 is 1.10 bits per heavy atom. The van der Waals surface area contributed by atoms with E-state index in [1.807, 2.05) is 102 Å². The van der Waals surface area contributed by atoms with Gasteiger partial charge >= 0.3 is 0 Å². The van der Waals surface area contributed by atoms with E-state index in [1.54, 1.807) is 47.3 Å². The molecule has 0 aliphatic carbocycles. The molecule has 18 heteroatoms. The molecule has 4 aliphatic rings. The van der Waals surface area contributed by atoms with Gasteiger partial charge in [-0.3, -0.25) is 24.0 Å². The number of thioether (sulfide) groups is 2. The molecular formula is C52H70N8O7S3. The molecular weight excluding hydrogens is 945 g/mol. The molecule has 378 valence electrons. The minimum atomic E-state index is -0.760. The standard InChI is InChI=1S/C52H70N8O7S3/c1-33(53-7)45(61)55-37-23-27-69-41-29-51(3,4)43(59(41)49(37)64)46(62)56-39(35-19-13-11-14-20-35)31-66-25-17-9-10-18-26-67-32-40(36-21-15-12-16-22-36)57-47(63)44-52(5,6)30-42-60(44)50(65)38(24-28-70-42)58-48(68)34(2)54-8/h11-16,19-22,33-34,37-44,53-54H,23-32H2,1-8H3,(H,55,61)(H,56,62)(H,57,63)(H,58,68)/t33?,34?,37-,38-,39?,40+,41-,42-,43+,44+/m0/s1. The van der Waals surface area contributed by atoms with E-state index in [0.717, 1.165) is 16.9 Å². The van der Waals surface area contributed by atoms with Gasteiger partial charge in [-0.2, -0.15) is 0 Å². The van der Waals surface area contributed by atoms with E-state index in [1.165, 1.54) is 0 Å². The zero-order chi connectivity index (χ0) is 50.6. The van der Waals surface area contributed by atoms with Crippen LogP contribution in [0.5, 0.6) is 0 Å². The van der Waals surface area contributed by atoms with Crippen molar-refractivity contribution in [3.8, 4) is 23.7 Å². The van der Waals surface area contributed by atoms with Crippen LogP contribution in [0.1, 0.15) is 90.4 Å². The fraction of sp³-hybridized carbons (Fsp3) is 0.577. The number of benzene rings is 2. The molecule has 5 amide bonds. The molecule has 6 rings (SSSR count). The Morgan fingerprint density at radius 3 is 1.51 bits per heavy atom. The van der Waals surface area contributed by atoms with Crippen molar-refractivity contribution < 1.29 is 33.4 Å². The average molecular weight is 1020 g/mol. The van der Waals surface area contributed by atoms with E-state index in [2.05, 4.69) is 55.6 Å². The van der Waals surface area contributed by atoms with Crippen LogP contribution < -0.4 is 31.9 Å². The molecule has 0 radical (unpaired) electrons. The summed E-state index contributed by atoms with van der Waals surface area (Å²) >= 11 is 8.96. The lowest BCUT2D eigenvalue weighted by atomic mass is 9.83. The maximum atomic E-state index is 14.4. The number of hydrogen-bond acceptors (Lipinski definition) is 12. The predicted octanol–water partition coefficient (Wildman–Crippen LogP) is 3.91. The quantitative estimate of drug-likeness (QED) is 0.0720. The van der Waals surface area contributed by atoms with Gasteiger partial charge in [-0.15, -0.1) is 23.5 Å². The van der Waals surface area contributed by atoms with Gasteiger partial charge in [-0.05, 0) is 98.9 Å². The summed E-state index contributed by atoms with van der Waals surface area (Å²) in [5, 5.41) is 18.3. The van der Waals surface area contributed by atoms with E-state index in [-0.39, 0.29) is 72.8 Å². The SMILES string of the molecule is CNC(C)C(=O)N[C@H]1CCS[C@H]2CC(C)(C)[C@@H](C(=O)NC(COCC#CC#CCOC[C@@H](NC(=O)[C@H]3N4C(=O)[C@@H](NC(=S)C(C)NC)CCS[C@H]4CC3(C)C)c3ccccc3)c3ccccc3)N2C1=O. The number of nitrogens with zero attached hydrogens (tertiary/aromatic N) is 2. The number of carbonyl (C=O) groups excluding carboxylic acids is 5. The fourth-order valence-corrected chi connectivity index (χ4v) is 12.9. The van der Waals surface area contributed by atoms with Crippen LogP contribution >= 0.6 is 35.7 Å². The summed E-state index contributed by atoms with van der Waals surface area (Å²) in [5.41, 5.74) is 0.696. The number of ether oxygens (including phenoxy) is 2. The summed E-state index contributed by atoms with van der Waals surface area (Å²) in [6.45, 7) is 12.2. The molecule has 0 spiro atoms. The number of rotatable bonds is 18. The zero-order valence-electron chi connectivity index (χ0n) is 41.6. The van der Waals surface area contributed by atoms with Gasteiger partial charge in [0, 0.05) is 0 Å². The van der Waals surface area contributed by atoms with Crippen LogP contribution in [0.2, 0.25) is 0 Å². The molecule has 4 saturated heterocycles. The van der Waals surface area contributed by atoms with Gasteiger partial charge in [0.25, 0.3) is 0 Å². The molecule has 6 N–H and O–H groups in total. The van der Waals surface area contributed by atoms with E-state index in [9.17, 15) is 24.0 Å². The first kappa shape index (κ1) is 54.7. The van der Waals surface area contributed by atoms with E-state index in [0.29, 0.717) is 36.4 Å². The smallest absolute Gasteiger partial charge is 0.246 e. The third kappa shape index (κ3) is 13.6. The molecule has 4 heterocycles. The lowest BCUT2D eigenvalue weighted by Crippen LogP contribution is -2.58. The Kier molecular flexibility index (Phi) is 19.6. The number of nitrogens with one attached hydrogen (secondary N) is 6. The van der Waals surface area contributed by atoms with Gasteiger partial charge in [0.2, 0.25) is 29.5 Å². The molecule has 4 fully saturated rings. The van der Waals surface area contributed by atoms with Gasteiger partial charge in [-0.25, -0.2) is 0 Å². The van der Waals surface area contributed by atoms with Crippen molar-refractivity contribution in [1.82, 2.24) is 41.7 Å². The minimum absolute atomic E-state index is 0.0521. The summed E-state index contributed by atoms with van der Waals surface area (Å²) in [6.07, 6.45) is 2.42. The summed E-state index contributed by atoms with van der Waals surface area (Å²) in [7, 11) is 3.52. The predicted molar refractivity (Wildman–Crippen MR) is 280 cm³/mol. The Bertz CT molecular complexity index is 2140. The Hall–Kier alpha value is -4.66. The highest BCUT2D eigenvalue weighted by atomic mass is 32.2. The molecule has 3 unspecified atom stereocenters. The van der Waals surface area contributed by atoms with Crippen molar-refractivity contribution in [1.29, 1.82) is 0 Å². The van der Waals surface area contributed by atoms with Crippen LogP contribution in [0.25, 0.3) is 0 Å². The summed E-state index contributed by atoms with van der Waals surface area (Å²) < 4.78 is 12.0. The van der Waals surface area contributed by atoms with Crippen LogP contribution in [0.15, 0.2) is 60.7 Å². The molecule has 2 aromatic carbocycles. The molecule has 2 aromatic rings. The first-order valence-electron chi connectivity index (χ1n) is 24.1. The number of likely N-dealkylation sites (N-methyl/N-ethyl adjacent to an activating group) is 2. The number of carbonyl (C=O) groups is 5. The zero-order valence-corrected chi connectivity index (χ0v) is 44.0. The van der Waals surface area contributed by atoms with Crippen molar-refractivity contribution in [3.05, 3.63) is 71.8 Å². The van der Waals surface area contributed by atoms with Crippen molar-refractivity contribution in [2.45, 2.75) is 126 Å². The second-order valence-corrected chi connectivity index (χ2v) is 22.6. The van der Waals surface area contributed by atoms with Gasteiger partial charge < -0.3 is 51.2 Å². The van der Waals surface area contributed by atoms with Crippen molar-refractivity contribution in [2.75, 3.05) is 52.0 Å². The lowest BCUT2D eigenvalue weighted by Gasteiger charge is -2.35. The number of fused-ring (bicyclic) bond motifs is 2. The van der Waals surface area contributed by atoms with Gasteiger partial charge in [0.1, 0.15) is 37.4 Å². The average Bonchev–Trinajstić information content (AvgIpc) is 3.66.